The Balaban J connectivity index is 1.90. The Kier molecular flexibility index (Phi) is 8.69. The lowest BCUT2D eigenvalue weighted by molar-refractivity contribution is 0.176. The summed E-state index contributed by atoms with van der Waals surface area (Å²) in [5.41, 5.74) is 1.54. The number of hydrogen-bond acceptors (Lipinski definition) is 4. The van der Waals surface area contributed by atoms with Gasteiger partial charge in [-0.3, -0.25) is 9.36 Å². The Bertz CT molecular complexity index is 1480. The van der Waals surface area contributed by atoms with Gasteiger partial charge in [0.1, 0.15) is 11.6 Å². The predicted molar refractivity (Wildman–Crippen MR) is 154 cm³/mol. The minimum Gasteiger partial charge on any atom is -0.495 e. The van der Waals surface area contributed by atoms with Crippen molar-refractivity contribution in [3.05, 3.63) is 94.0 Å². The number of rotatable bonds is 9. The Morgan fingerprint density at radius 2 is 1.82 bits per heavy atom. The first-order valence-corrected chi connectivity index (χ1v) is 13.2. The average Bonchev–Trinajstić information content (AvgIpc) is 2.91. The highest BCUT2D eigenvalue weighted by atomic mass is 35.5. The molecule has 1 unspecified atom stereocenters. The number of hydrogen-bond donors (Lipinski definition) is 1. The Hall–Kier alpha value is -3.84. The predicted octanol–water partition coefficient (Wildman–Crippen LogP) is 7.08. The summed E-state index contributed by atoms with van der Waals surface area (Å²) in [6, 6.07) is 20.9. The van der Waals surface area contributed by atoms with Gasteiger partial charge < -0.3 is 15.0 Å². The van der Waals surface area contributed by atoms with Crippen molar-refractivity contribution in [3.63, 3.8) is 0 Å². The number of para-hydroxylation sites is 3. The van der Waals surface area contributed by atoms with Crippen molar-refractivity contribution in [3.8, 4) is 11.4 Å². The molecule has 2 amide bonds. The molecule has 1 atom stereocenters. The highest BCUT2D eigenvalue weighted by Crippen LogP contribution is 2.30. The van der Waals surface area contributed by atoms with E-state index in [1.807, 2.05) is 49.4 Å². The van der Waals surface area contributed by atoms with Gasteiger partial charge >= 0.3 is 6.03 Å². The lowest BCUT2D eigenvalue weighted by Gasteiger charge is -2.33. The van der Waals surface area contributed by atoms with E-state index in [0.29, 0.717) is 57.8 Å². The fourth-order valence-corrected chi connectivity index (χ4v) is 4.71. The van der Waals surface area contributed by atoms with Gasteiger partial charge in [0.2, 0.25) is 0 Å². The zero-order valence-corrected chi connectivity index (χ0v) is 22.9. The van der Waals surface area contributed by atoms with Gasteiger partial charge in [0.05, 0.1) is 29.7 Å². The van der Waals surface area contributed by atoms with Crippen molar-refractivity contribution in [2.45, 2.75) is 39.7 Å². The molecule has 0 saturated carbocycles. The molecule has 1 heterocycles. The zero-order valence-electron chi connectivity index (χ0n) is 22.1. The molecule has 0 aliphatic heterocycles. The minimum absolute atomic E-state index is 0.215. The van der Waals surface area contributed by atoms with Gasteiger partial charge in [-0.1, -0.05) is 62.7 Å². The van der Waals surface area contributed by atoms with E-state index in [0.717, 1.165) is 6.42 Å². The Morgan fingerprint density at radius 1 is 1.08 bits per heavy atom. The van der Waals surface area contributed by atoms with Gasteiger partial charge in [-0.25, -0.2) is 9.78 Å². The van der Waals surface area contributed by atoms with Crippen LogP contribution in [-0.2, 0) is 0 Å². The normalized spacial score (nSPS) is 11.9. The van der Waals surface area contributed by atoms with E-state index in [1.54, 1.807) is 46.9 Å². The summed E-state index contributed by atoms with van der Waals surface area (Å²) in [7, 11) is 1.57. The Labute approximate surface area is 228 Å². The Morgan fingerprint density at radius 3 is 2.53 bits per heavy atom. The highest BCUT2D eigenvalue weighted by Gasteiger charge is 2.30. The molecule has 38 heavy (non-hydrogen) atoms. The molecule has 8 heteroatoms. The second kappa shape index (κ2) is 12.1. The van der Waals surface area contributed by atoms with Crippen molar-refractivity contribution >= 4 is 34.2 Å². The molecule has 3 aromatic carbocycles. The molecular formula is C30H33ClN4O3. The smallest absolute Gasteiger partial charge is 0.322 e. The number of carbonyl (C=O) groups excluding carboxylic acids is 1. The van der Waals surface area contributed by atoms with Crippen LogP contribution in [0.4, 0.5) is 10.5 Å². The van der Waals surface area contributed by atoms with Crippen molar-refractivity contribution < 1.29 is 9.53 Å². The van der Waals surface area contributed by atoms with Gasteiger partial charge in [-0.2, -0.15) is 0 Å². The number of anilines is 1. The topological polar surface area (TPSA) is 76.5 Å². The minimum atomic E-state index is -0.491. The SMILES string of the molecule is CCC(c1nc2ccccc2c(=O)n1-c1ccccc1OC)N(CCC(C)C)C(=O)Nc1cccc(Cl)c1. The molecule has 1 aromatic heterocycles. The molecule has 7 nitrogen and oxygen atoms in total. The molecule has 0 aliphatic carbocycles. The number of carbonyl (C=O) groups is 1. The number of ether oxygens (including phenoxy) is 1. The maximum atomic E-state index is 14.0. The fourth-order valence-electron chi connectivity index (χ4n) is 4.52. The number of amides is 2. The summed E-state index contributed by atoms with van der Waals surface area (Å²) >= 11 is 6.16. The van der Waals surface area contributed by atoms with Crippen LogP contribution < -0.4 is 15.6 Å². The number of methoxy groups -OCH3 is 1. The number of benzene rings is 3. The lowest BCUT2D eigenvalue weighted by atomic mass is 10.1. The number of halogens is 1. The molecule has 0 fully saturated rings. The van der Waals surface area contributed by atoms with Crippen molar-refractivity contribution in [2.24, 2.45) is 5.92 Å². The summed E-state index contributed by atoms with van der Waals surface area (Å²) in [4.78, 5) is 34.5. The van der Waals surface area contributed by atoms with Crippen LogP contribution >= 0.6 is 11.6 Å². The lowest BCUT2D eigenvalue weighted by Crippen LogP contribution is -2.41. The molecule has 1 N–H and O–H groups in total. The van der Waals surface area contributed by atoms with Gasteiger partial charge in [0.25, 0.3) is 5.56 Å². The number of nitrogens with one attached hydrogen (secondary N) is 1. The molecule has 0 radical (unpaired) electrons. The maximum absolute atomic E-state index is 14.0. The molecule has 4 aromatic rings. The molecular weight excluding hydrogens is 500 g/mol. The van der Waals surface area contributed by atoms with E-state index in [1.165, 1.54) is 0 Å². The quantitative estimate of drug-likeness (QED) is 0.250. The number of aromatic nitrogens is 2. The van der Waals surface area contributed by atoms with E-state index in [2.05, 4.69) is 19.2 Å². The van der Waals surface area contributed by atoms with Gasteiger partial charge in [0.15, 0.2) is 0 Å². The average molecular weight is 533 g/mol. The molecule has 4 rings (SSSR count). The molecule has 0 saturated heterocycles. The van der Waals surface area contributed by atoms with Gasteiger partial charge in [0, 0.05) is 17.3 Å². The van der Waals surface area contributed by atoms with Crippen LogP contribution in [0.5, 0.6) is 5.75 Å². The second-order valence-electron chi connectivity index (χ2n) is 9.54. The number of urea groups is 1. The van der Waals surface area contributed by atoms with Gasteiger partial charge in [-0.05, 0) is 61.2 Å². The third-order valence-electron chi connectivity index (χ3n) is 6.47. The van der Waals surface area contributed by atoms with Crippen LogP contribution in [0.15, 0.2) is 77.6 Å². The van der Waals surface area contributed by atoms with Crippen LogP contribution in [0, 0.1) is 5.92 Å². The van der Waals surface area contributed by atoms with E-state index in [9.17, 15) is 9.59 Å². The van der Waals surface area contributed by atoms with Crippen LogP contribution in [-0.4, -0.2) is 34.1 Å². The number of fused-ring (bicyclic) bond motifs is 1. The van der Waals surface area contributed by atoms with E-state index < -0.39 is 6.04 Å². The zero-order chi connectivity index (χ0) is 27.2. The number of nitrogens with zero attached hydrogens (tertiary/aromatic N) is 3. The van der Waals surface area contributed by atoms with Crippen LogP contribution in [0.25, 0.3) is 16.6 Å². The third-order valence-corrected chi connectivity index (χ3v) is 6.71. The first-order chi connectivity index (χ1) is 18.3. The van der Waals surface area contributed by atoms with Crippen molar-refractivity contribution in [1.29, 1.82) is 0 Å². The van der Waals surface area contributed by atoms with Crippen molar-refractivity contribution in [1.82, 2.24) is 14.5 Å². The summed E-state index contributed by atoms with van der Waals surface area (Å²) in [5, 5.41) is 4.01. The summed E-state index contributed by atoms with van der Waals surface area (Å²) in [5.74, 6) is 1.39. The van der Waals surface area contributed by atoms with E-state index in [-0.39, 0.29) is 11.6 Å². The van der Waals surface area contributed by atoms with Crippen LogP contribution in [0.3, 0.4) is 0 Å². The summed E-state index contributed by atoms with van der Waals surface area (Å²) in [6.45, 7) is 6.71. The molecule has 0 aliphatic rings. The largest absolute Gasteiger partial charge is 0.495 e. The fraction of sp³-hybridized carbons (Fsp3) is 0.300. The molecule has 198 valence electrons. The second-order valence-corrected chi connectivity index (χ2v) is 9.98. The van der Waals surface area contributed by atoms with Crippen LogP contribution in [0.1, 0.15) is 45.5 Å². The first-order valence-electron chi connectivity index (χ1n) is 12.8. The van der Waals surface area contributed by atoms with Gasteiger partial charge in [-0.15, -0.1) is 0 Å². The standard InChI is InChI=1S/C30H33ClN4O3/c1-5-25(34(18-17-20(2)3)30(37)32-22-12-10-11-21(31)19-22)28-33-24-14-7-6-13-23(24)29(36)35(28)26-15-8-9-16-27(26)38-4/h6-16,19-20,25H,5,17-18H2,1-4H3,(H,32,37). The third kappa shape index (κ3) is 5.83. The maximum Gasteiger partial charge on any atom is 0.322 e. The first kappa shape index (κ1) is 27.2. The monoisotopic (exact) mass is 532 g/mol. The van der Waals surface area contributed by atoms with E-state index >= 15 is 0 Å². The van der Waals surface area contributed by atoms with E-state index in [4.69, 9.17) is 21.3 Å². The van der Waals surface area contributed by atoms with Crippen molar-refractivity contribution in [2.75, 3.05) is 19.0 Å². The van der Waals surface area contributed by atoms with Crippen LogP contribution in [0.2, 0.25) is 5.02 Å². The summed E-state index contributed by atoms with van der Waals surface area (Å²) < 4.78 is 7.21. The highest BCUT2D eigenvalue weighted by molar-refractivity contribution is 6.30. The molecule has 0 spiro atoms. The molecule has 0 bridgehead atoms. The summed E-state index contributed by atoms with van der Waals surface area (Å²) in [6.07, 6.45) is 1.33.